The molecule has 1 N–H and O–H groups in total. The summed E-state index contributed by atoms with van der Waals surface area (Å²) < 4.78 is 30.6. The number of carbonyl (C=O) groups is 1. The van der Waals surface area contributed by atoms with Gasteiger partial charge in [0.2, 0.25) is 0 Å². The monoisotopic (exact) mass is 395 g/mol. The number of para-hydroxylation sites is 3. The quantitative estimate of drug-likeness (QED) is 0.579. The van der Waals surface area contributed by atoms with Gasteiger partial charge in [0.15, 0.2) is 11.5 Å². The minimum absolute atomic E-state index is 0.123. The zero-order valence-corrected chi connectivity index (χ0v) is 16.3. The predicted molar refractivity (Wildman–Crippen MR) is 109 cm³/mol. The van der Waals surface area contributed by atoms with Crippen LogP contribution >= 0.6 is 0 Å². The molecule has 1 amide bonds. The van der Waals surface area contributed by atoms with E-state index in [2.05, 4.69) is 5.32 Å². The maximum absolute atomic E-state index is 13.8. The summed E-state index contributed by atoms with van der Waals surface area (Å²) in [5, 5.41) is 2.58. The third kappa shape index (κ3) is 5.04. The van der Waals surface area contributed by atoms with Gasteiger partial charge in [-0.15, -0.1) is 0 Å². The Bertz CT molecular complexity index is 990. The second-order valence-electron chi connectivity index (χ2n) is 6.13. The van der Waals surface area contributed by atoms with Gasteiger partial charge in [-0.3, -0.25) is 4.79 Å². The molecule has 29 heavy (non-hydrogen) atoms. The van der Waals surface area contributed by atoms with Gasteiger partial charge >= 0.3 is 0 Å². The smallest absolute Gasteiger partial charge is 0.255 e. The summed E-state index contributed by atoms with van der Waals surface area (Å²) in [5.41, 5.74) is 1.19. The van der Waals surface area contributed by atoms with Crippen LogP contribution in [0.15, 0.2) is 66.7 Å². The maximum Gasteiger partial charge on any atom is 0.255 e. The zero-order chi connectivity index (χ0) is 20.6. The van der Waals surface area contributed by atoms with E-state index in [9.17, 15) is 9.18 Å². The van der Waals surface area contributed by atoms with Crippen LogP contribution in [0.1, 0.15) is 22.8 Å². The van der Waals surface area contributed by atoms with Gasteiger partial charge < -0.3 is 19.5 Å². The van der Waals surface area contributed by atoms with E-state index in [1.165, 1.54) is 12.1 Å². The average molecular weight is 395 g/mol. The average Bonchev–Trinajstić information content (AvgIpc) is 2.75. The highest BCUT2D eigenvalue weighted by atomic mass is 19.1. The Hall–Kier alpha value is -3.54. The fraction of sp³-hybridized carbons (Fsp3) is 0.174. The van der Waals surface area contributed by atoms with Crippen LogP contribution in [0.3, 0.4) is 0 Å². The van der Waals surface area contributed by atoms with Gasteiger partial charge in [0.05, 0.1) is 19.4 Å². The van der Waals surface area contributed by atoms with Crippen LogP contribution in [-0.4, -0.2) is 19.6 Å². The number of hydrogen-bond donors (Lipinski definition) is 1. The van der Waals surface area contributed by atoms with Crippen LogP contribution in [0.25, 0.3) is 0 Å². The molecular formula is C23H22FNO4. The Balaban J connectivity index is 1.81. The molecule has 3 aromatic carbocycles. The molecule has 0 aromatic heterocycles. The van der Waals surface area contributed by atoms with Crippen molar-refractivity contribution < 1.29 is 23.4 Å². The summed E-state index contributed by atoms with van der Waals surface area (Å²) >= 11 is 0. The predicted octanol–water partition coefficient (Wildman–Crippen LogP) is 5.06. The lowest BCUT2D eigenvalue weighted by Gasteiger charge is -2.15. The molecule has 0 heterocycles. The summed E-state index contributed by atoms with van der Waals surface area (Å²) in [6.07, 6.45) is 0. The fourth-order valence-electron chi connectivity index (χ4n) is 2.78. The van der Waals surface area contributed by atoms with E-state index in [0.29, 0.717) is 35.0 Å². The van der Waals surface area contributed by atoms with Gasteiger partial charge in [0.1, 0.15) is 18.2 Å². The number of carbonyl (C=O) groups excluding carboxylic acids is 1. The van der Waals surface area contributed by atoms with Gasteiger partial charge in [-0.2, -0.15) is 0 Å². The first-order valence-corrected chi connectivity index (χ1v) is 9.19. The van der Waals surface area contributed by atoms with E-state index < -0.39 is 11.7 Å². The lowest BCUT2D eigenvalue weighted by molar-refractivity contribution is 0.102. The van der Waals surface area contributed by atoms with Crippen LogP contribution < -0.4 is 19.5 Å². The van der Waals surface area contributed by atoms with Crippen LogP contribution in [0.4, 0.5) is 10.1 Å². The van der Waals surface area contributed by atoms with Crippen molar-refractivity contribution >= 4 is 11.6 Å². The van der Waals surface area contributed by atoms with Crippen molar-refractivity contribution in [3.05, 3.63) is 83.7 Å². The van der Waals surface area contributed by atoms with Gasteiger partial charge in [-0.1, -0.05) is 24.3 Å². The summed E-state index contributed by atoms with van der Waals surface area (Å²) in [5.74, 6) is 0.894. The molecule has 0 aliphatic heterocycles. The number of methoxy groups -OCH3 is 1. The Kier molecular flexibility index (Phi) is 6.68. The number of halogens is 1. The molecule has 0 spiro atoms. The van der Waals surface area contributed by atoms with Crippen LogP contribution in [0.5, 0.6) is 17.2 Å². The zero-order valence-electron chi connectivity index (χ0n) is 16.3. The van der Waals surface area contributed by atoms with E-state index in [1.54, 1.807) is 49.6 Å². The van der Waals surface area contributed by atoms with Crippen LogP contribution in [0, 0.1) is 5.82 Å². The Labute approximate surface area is 169 Å². The van der Waals surface area contributed by atoms with E-state index >= 15 is 0 Å². The highest BCUT2D eigenvalue weighted by molar-refractivity contribution is 6.04. The van der Waals surface area contributed by atoms with Gasteiger partial charge in [0.25, 0.3) is 5.91 Å². The first kappa shape index (κ1) is 20.2. The number of rotatable bonds is 8. The standard InChI is InChI=1S/C23H22FNO4/c1-3-28-20-13-12-16(23(26)25-19-9-5-4-8-18(19)24)14-17(20)15-29-22-11-7-6-10-21(22)27-2/h4-14H,3,15H2,1-2H3,(H,25,26). The topological polar surface area (TPSA) is 56.8 Å². The molecule has 150 valence electrons. The second kappa shape index (κ2) is 9.59. The van der Waals surface area contributed by atoms with E-state index in [-0.39, 0.29) is 12.3 Å². The van der Waals surface area contributed by atoms with Crippen molar-refractivity contribution in [1.82, 2.24) is 0 Å². The first-order valence-electron chi connectivity index (χ1n) is 9.19. The third-order valence-corrected chi connectivity index (χ3v) is 4.20. The Morgan fingerprint density at radius 2 is 1.66 bits per heavy atom. The fourth-order valence-corrected chi connectivity index (χ4v) is 2.78. The van der Waals surface area contributed by atoms with E-state index in [1.807, 2.05) is 19.1 Å². The highest BCUT2D eigenvalue weighted by Crippen LogP contribution is 2.29. The van der Waals surface area contributed by atoms with Crippen LogP contribution in [-0.2, 0) is 6.61 Å². The Morgan fingerprint density at radius 1 is 0.931 bits per heavy atom. The Morgan fingerprint density at radius 3 is 2.38 bits per heavy atom. The molecule has 3 aromatic rings. The summed E-state index contributed by atoms with van der Waals surface area (Å²) in [6.45, 7) is 2.53. The summed E-state index contributed by atoms with van der Waals surface area (Å²) in [7, 11) is 1.57. The number of nitrogens with one attached hydrogen (secondary N) is 1. The van der Waals surface area contributed by atoms with Crippen molar-refractivity contribution in [3.8, 4) is 17.2 Å². The molecule has 5 nitrogen and oxygen atoms in total. The van der Waals surface area contributed by atoms with Crippen LogP contribution in [0.2, 0.25) is 0 Å². The van der Waals surface area contributed by atoms with Crippen molar-refractivity contribution in [2.45, 2.75) is 13.5 Å². The lowest BCUT2D eigenvalue weighted by atomic mass is 10.1. The van der Waals surface area contributed by atoms with Gasteiger partial charge in [-0.05, 0) is 49.4 Å². The molecule has 0 saturated carbocycles. The van der Waals surface area contributed by atoms with E-state index in [0.717, 1.165) is 0 Å². The molecule has 3 rings (SSSR count). The van der Waals surface area contributed by atoms with Crippen molar-refractivity contribution in [2.24, 2.45) is 0 Å². The van der Waals surface area contributed by atoms with Gasteiger partial charge in [0, 0.05) is 11.1 Å². The molecule has 0 unspecified atom stereocenters. The molecule has 6 heteroatoms. The summed E-state index contributed by atoms with van der Waals surface area (Å²) in [4.78, 5) is 12.6. The number of anilines is 1. The first-order chi connectivity index (χ1) is 14.1. The lowest BCUT2D eigenvalue weighted by Crippen LogP contribution is -2.14. The number of benzene rings is 3. The summed E-state index contributed by atoms with van der Waals surface area (Å²) in [6, 6.07) is 18.3. The normalized spacial score (nSPS) is 10.3. The van der Waals surface area contributed by atoms with Crippen molar-refractivity contribution in [1.29, 1.82) is 0 Å². The molecule has 0 atom stereocenters. The SMILES string of the molecule is CCOc1ccc(C(=O)Nc2ccccc2F)cc1COc1ccccc1OC. The van der Waals surface area contributed by atoms with Crippen molar-refractivity contribution in [3.63, 3.8) is 0 Å². The highest BCUT2D eigenvalue weighted by Gasteiger charge is 2.14. The molecular weight excluding hydrogens is 373 g/mol. The van der Waals surface area contributed by atoms with E-state index in [4.69, 9.17) is 14.2 Å². The van der Waals surface area contributed by atoms with Crippen molar-refractivity contribution in [2.75, 3.05) is 19.0 Å². The molecule has 0 radical (unpaired) electrons. The second-order valence-corrected chi connectivity index (χ2v) is 6.13. The number of ether oxygens (including phenoxy) is 3. The minimum atomic E-state index is -0.494. The molecule has 0 aliphatic rings. The number of amides is 1. The molecule has 0 bridgehead atoms. The minimum Gasteiger partial charge on any atom is -0.493 e. The molecule has 0 fully saturated rings. The molecule has 0 saturated heterocycles. The largest absolute Gasteiger partial charge is 0.493 e. The third-order valence-electron chi connectivity index (χ3n) is 4.20. The molecule has 0 aliphatic carbocycles. The maximum atomic E-state index is 13.8. The number of hydrogen-bond acceptors (Lipinski definition) is 4. The van der Waals surface area contributed by atoms with Gasteiger partial charge in [-0.25, -0.2) is 4.39 Å².